The summed E-state index contributed by atoms with van der Waals surface area (Å²) in [5, 5.41) is 3.12. The van der Waals surface area contributed by atoms with Gasteiger partial charge >= 0.3 is 0 Å². The fourth-order valence-corrected chi connectivity index (χ4v) is 3.07. The summed E-state index contributed by atoms with van der Waals surface area (Å²) in [5.41, 5.74) is 9.47. The van der Waals surface area contributed by atoms with Crippen LogP contribution in [-0.4, -0.2) is 11.9 Å². The molecule has 0 fully saturated rings. The summed E-state index contributed by atoms with van der Waals surface area (Å²) < 4.78 is 0. The Labute approximate surface area is 125 Å². The molecule has 0 aromatic heterocycles. The fourth-order valence-electron chi connectivity index (χ4n) is 3.07. The lowest BCUT2D eigenvalue weighted by Crippen LogP contribution is -2.41. The van der Waals surface area contributed by atoms with Crippen molar-refractivity contribution in [3.05, 3.63) is 71.3 Å². The zero-order valence-electron chi connectivity index (χ0n) is 12.1. The molecule has 2 aromatic carbocycles. The van der Waals surface area contributed by atoms with E-state index in [1.807, 2.05) is 24.3 Å². The van der Waals surface area contributed by atoms with E-state index in [2.05, 4.69) is 35.6 Å². The van der Waals surface area contributed by atoms with Crippen molar-refractivity contribution >= 4 is 5.91 Å². The van der Waals surface area contributed by atoms with Gasteiger partial charge in [-0.25, -0.2) is 0 Å². The number of carbonyl (C=O) groups is 1. The molecule has 0 bridgehead atoms. The Kier molecular flexibility index (Phi) is 3.76. The van der Waals surface area contributed by atoms with Crippen LogP contribution in [0.3, 0.4) is 0 Å². The van der Waals surface area contributed by atoms with Crippen molar-refractivity contribution < 1.29 is 4.79 Å². The second kappa shape index (κ2) is 5.70. The van der Waals surface area contributed by atoms with Crippen molar-refractivity contribution in [1.29, 1.82) is 0 Å². The summed E-state index contributed by atoms with van der Waals surface area (Å²) in [4.78, 5) is 12.0. The van der Waals surface area contributed by atoms with E-state index in [9.17, 15) is 4.79 Å². The van der Waals surface area contributed by atoms with E-state index in [1.165, 1.54) is 16.7 Å². The van der Waals surface area contributed by atoms with Crippen molar-refractivity contribution in [2.24, 2.45) is 5.73 Å². The van der Waals surface area contributed by atoms with E-state index in [0.717, 1.165) is 6.42 Å². The van der Waals surface area contributed by atoms with Crippen LogP contribution in [0.15, 0.2) is 54.6 Å². The van der Waals surface area contributed by atoms with Crippen LogP contribution in [0.25, 0.3) is 0 Å². The molecule has 0 heterocycles. The van der Waals surface area contributed by atoms with Gasteiger partial charge in [0.1, 0.15) is 0 Å². The summed E-state index contributed by atoms with van der Waals surface area (Å²) in [5.74, 6) is 0.170. The molecule has 108 valence electrons. The largest absolute Gasteiger partial charge is 0.347 e. The summed E-state index contributed by atoms with van der Waals surface area (Å²) in [6, 6.07) is 18.2. The molecular formula is C18H20N2O. The van der Waals surface area contributed by atoms with Gasteiger partial charge in [0.2, 0.25) is 5.91 Å². The van der Waals surface area contributed by atoms with E-state index in [0.29, 0.717) is 0 Å². The van der Waals surface area contributed by atoms with Gasteiger partial charge in [0.25, 0.3) is 0 Å². The number of benzene rings is 2. The van der Waals surface area contributed by atoms with Gasteiger partial charge in [0.05, 0.1) is 12.1 Å². The molecular weight excluding hydrogens is 260 g/mol. The number of amides is 1. The molecule has 2 aromatic rings. The van der Waals surface area contributed by atoms with Crippen LogP contribution >= 0.6 is 0 Å². The summed E-state index contributed by atoms with van der Waals surface area (Å²) in [7, 11) is 0. The highest BCUT2D eigenvalue weighted by molar-refractivity contribution is 5.81. The van der Waals surface area contributed by atoms with Gasteiger partial charge in [-0.15, -0.1) is 0 Å². The standard InChI is InChI=1S/C18H20N2O/c1-12(19)18(21)20-17-15-10-6-5-9-14(15)11-16(17)13-7-3-2-4-8-13/h2-10,12,16-17H,11,19H2,1H3,(H,20,21)/t12?,16?,17-/m1/s1. The SMILES string of the molecule is CC(N)C(=O)N[C@@H]1c2ccccc2CC1c1ccccc1. The minimum atomic E-state index is -0.491. The van der Waals surface area contributed by atoms with Gasteiger partial charge in [-0.1, -0.05) is 54.6 Å². The topological polar surface area (TPSA) is 55.1 Å². The third-order valence-corrected chi connectivity index (χ3v) is 4.17. The monoisotopic (exact) mass is 280 g/mol. The number of nitrogens with two attached hydrogens (primary N) is 1. The maximum absolute atomic E-state index is 12.0. The molecule has 0 radical (unpaired) electrons. The molecule has 2 unspecified atom stereocenters. The molecule has 3 heteroatoms. The lowest BCUT2D eigenvalue weighted by Gasteiger charge is -2.23. The molecule has 3 atom stereocenters. The average molecular weight is 280 g/mol. The Morgan fingerprint density at radius 2 is 1.81 bits per heavy atom. The first-order valence-electron chi connectivity index (χ1n) is 7.35. The van der Waals surface area contributed by atoms with E-state index in [4.69, 9.17) is 5.73 Å². The van der Waals surface area contributed by atoms with E-state index in [1.54, 1.807) is 6.92 Å². The van der Waals surface area contributed by atoms with Crippen molar-refractivity contribution in [2.45, 2.75) is 31.3 Å². The van der Waals surface area contributed by atoms with Crippen LogP contribution in [0.1, 0.15) is 35.6 Å². The molecule has 0 spiro atoms. The van der Waals surface area contributed by atoms with E-state index >= 15 is 0 Å². The van der Waals surface area contributed by atoms with Gasteiger partial charge in [-0.2, -0.15) is 0 Å². The van der Waals surface area contributed by atoms with Gasteiger partial charge in [0, 0.05) is 5.92 Å². The second-order valence-electron chi connectivity index (χ2n) is 5.70. The predicted octanol–water partition coefficient (Wildman–Crippen LogP) is 2.53. The van der Waals surface area contributed by atoms with Crippen LogP contribution in [0, 0.1) is 0 Å². The predicted molar refractivity (Wildman–Crippen MR) is 83.9 cm³/mol. The molecule has 3 nitrogen and oxygen atoms in total. The lowest BCUT2D eigenvalue weighted by molar-refractivity contribution is -0.122. The Hall–Kier alpha value is -2.13. The van der Waals surface area contributed by atoms with Gasteiger partial charge in [0.15, 0.2) is 0 Å². The molecule has 1 amide bonds. The van der Waals surface area contributed by atoms with Crippen molar-refractivity contribution in [1.82, 2.24) is 5.32 Å². The van der Waals surface area contributed by atoms with Crippen molar-refractivity contribution in [3.63, 3.8) is 0 Å². The zero-order chi connectivity index (χ0) is 14.8. The van der Waals surface area contributed by atoms with Crippen molar-refractivity contribution in [3.8, 4) is 0 Å². The Morgan fingerprint density at radius 3 is 2.52 bits per heavy atom. The number of fused-ring (bicyclic) bond motifs is 1. The highest BCUT2D eigenvalue weighted by Crippen LogP contribution is 2.42. The second-order valence-corrected chi connectivity index (χ2v) is 5.70. The number of carbonyl (C=O) groups excluding carboxylic acids is 1. The number of hydrogen-bond donors (Lipinski definition) is 2. The normalized spacial score (nSPS) is 21.6. The van der Waals surface area contributed by atoms with Crippen LogP contribution < -0.4 is 11.1 Å². The summed E-state index contributed by atoms with van der Waals surface area (Å²) in [6.07, 6.45) is 0.948. The van der Waals surface area contributed by atoms with Gasteiger partial charge in [-0.05, 0) is 30.0 Å². The van der Waals surface area contributed by atoms with E-state index < -0.39 is 6.04 Å². The van der Waals surface area contributed by atoms with E-state index in [-0.39, 0.29) is 17.9 Å². The number of rotatable bonds is 3. The maximum atomic E-state index is 12.0. The summed E-state index contributed by atoms with van der Waals surface area (Å²) in [6.45, 7) is 1.72. The first kappa shape index (κ1) is 13.8. The highest BCUT2D eigenvalue weighted by atomic mass is 16.2. The van der Waals surface area contributed by atoms with Gasteiger partial charge in [-0.3, -0.25) is 4.79 Å². The zero-order valence-corrected chi connectivity index (χ0v) is 12.1. The quantitative estimate of drug-likeness (QED) is 0.907. The molecule has 0 saturated heterocycles. The smallest absolute Gasteiger partial charge is 0.237 e. The molecule has 3 rings (SSSR count). The van der Waals surface area contributed by atoms with Crippen molar-refractivity contribution in [2.75, 3.05) is 0 Å². The fraction of sp³-hybridized carbons (Fsp3) is 0.278. The first-order chi connectivity index (χ1) is 10.2. The Morgan fingerprint density at radius 1 is 1.14 bits per heavy atom. The minimum absolute atomic E-state index is 0.00194. The number of nitrogens with one attached hydrogen (secondary N) is 1. The summed E-state index contributed by atoms with van der Waals surface area (Å²) >= 11 is 0. The average Bonchev–Trinajstić information content (AvgIpc) is 2.87. The maximum Gasteiger partial charge on any atom is 0.237 e. The minimum Gasteiger partial charge on any atom is -0.347 e. The molecule has 3 N–H and O–H groups in total. The van der Waals surface area contributed by atoms with Crippen LogP contribution in [0.5, 0.6) is 0 Å². The molecule has 1 aliphatic carbocycles. The molecule has 0 aliphatic heterocycles. The molecule has 0 saturated carbocycles. The first-order valence-corrected chi connectivity index (χ1v) is 7.35. The van der Waals surface area contributed by atoms with Crippen LogP contribution in [0.4, 0.5) is 0 Å². The lowest BCUT2D eigenvalue weighted by atomic mass is 9.92. The van der Waals surface area contributed by atoms with Crippen LogP contribution in [0.2, 0.25) is 0 Å². The third-order valence-electron chi connectivity index (χ3n) is 4.17. The molecule has 1 aliphatic rings. The van der Waals surface area contributed by atoms with Gasteiger partial charge < -0.3 is 11.1 Å². The van der Waals surface area contributed by atoms with Crippen LogP contribution in [-0.2, 0) is 11.2 Å². The Bertz CT molecular complexity index is 637. The number of hydrogen-bond acceptors (Lipinski definition) is 2. The third kappa shape index (κ3) is 2.69. The Balaban J connectivity index is 1.95. The highest BCUT2D eigenvalue weighted by Gasteiger charge is 2.34. The molecule has 21 heavy (non-hydrogen) atoms.